The molecule has 3 aromatic rings. The summed E-state index contributed by atoms with van der Waals surface area (Å²) in [5.41, 5.74) is -3.64. The second kappa shape index (κ2) is 7.12. The standard InChI is InChI=1S/C19H10ClF5N4O2/c1-7-17-28-10(18(30)31)6-29(17)11-5-26-16(19(23,24)25)14(20)13(11)15(27-7)12-8(21)3-2-4-9(12)22/h2-7H,1H3,(H,30,31)/t7-/m0/s1. The lowest BCUT2D eigenvalue weighted by atomic mass is 9.99. The number of carboxylic acid groups (broad SMARTS) is 1. The predicted molar refractivity (Wildman–Crippen MR) is 98.7 cm³/mol. The third kappa shape index (κ3) is 3.34. The van der Waals surface area contributed by atoms with Gasteiger partial charge < -0.3 is 5.11 Å². The molecule has 1 aliphatic heterocycles. The van der Waals surface area contributed by atoms with Crippen LogP contribution in [0.3, 0.4) is 0 Å². The van der Waals surface area contributed by atoms with Crippen LogP contribution in [0.2, 0.25) is 5.02 Å². The molecule has 12 heteroatoms. The topological polar surface area (TPSA) is 80.4 Å². The van der Waals surface area contributed by atoms with Gasteiger partial charge in [0.25, 0.3) is 0 Å². The predicted octanol–water partition coefficient (Wildman–Crippen LogP) is 4.83. The van der Waals surface area contributed by atoms with Crippen LogP contribution >= 0.6 is 11.6 Å². The molecule has 0 unspecified atom stereocenters. The van der Waals surface area contributed by atoms with Gasteiger partial charge in [0, 0.05) is 11.8 Å². The van der Waals surface area contributed by atoms with Crippen molar-refractivity contribution in [1.82, 2.24) is 14.5 Å². The lowest BCUT2D eigenvalue weighted by molar-refractivity contribution is -0.141. The number of aliphatic imine (C=N–C) groups is 1. The van der Waals surface area contributed by atoms with Crippen molar-refractivity contribution in [1.29, 1.82) is 0 Å². The Bertz CT molecular complexity index is 1250. The highest BCUT2D eigenvalue weighted by Gasteiger charge is 2.39. The molecule has 0 saturated heterocycles. The van der Waals surface area contributed by atoms with Crippen LogP contribution in [0.4, 0.5) is 22.0 Å². The fourth-order valence-corrected chi connectivity index (χ4v) is 3.64. The Morgan fingerprint density at radius 3 is 2.42 bits per heavy atom. The number of halogens is 6. The number of imidazole rings is 1. The van der Waals surface area contributed by atoms with E-state index in [2.05, 4.69) is 15.0 Å². The zero-order valence-corrected chi connectivity index (χ0v) is 16.1. The second-order valence-corrected chi connectivity index (χ2v) is 6.97. The third-order valence-electron chi connectivity index (χ3n) is 4.61. The van der Waals surface area contributed by atoms with E-state index in [1.807, 2.05) is 0 Å². The molecule has 6 nitrogen and oxygen atoms in total. The highest BCUT2D eigenvalue weighted by molar-refractivity contribution is 6.37. The molecule has 2 aromatic heterocycles. The van der Waals surface area contributed by atoms with Gasteiger partial charge in [-0.25, -0.2) is 23.5 Å². The van der Waals surface area contributed by atoms with Crippen molar-refractivity contribution in [3.05, 3.63) is 75.6 Å². The Balaban J connectivity index is 2.13. The fourth-order valence-electron chi connectivity index (χ4n) is 3.30. The summed E-state index contributed by atoms with van der Waals surface area (Å²) in [7, 11) is 0. The van der Waals surface area contributed by atoms with Crippen molar-refractivity contribution in [3.8, 4) is 5.69 Å². The number of nitrogens with zero attached hydrogens (tertiary/aromatic N) is 4. The minimum Gasteiger partial charge on any atom is -0.476 e. The molecule has 0 saturated carbocycles. The van der Waals surface area contributed by atoms with Crippen LogP contribution in [0.25, 0.3) is 5.69 Å². The number of carboxylic acids is 1. The first-order valence-electron chi connectivity index (χ1n) is 8.62. The van der Waals surface area contributed by atoms with E-state index in [0.717, 1.165) is 35.2 Å². The van der Waals surface area contributed by atoms with Gasteiger partial charge in [-0.2, -0.15) is 13.2 Å². The van der Waals surface area contributed by atoms with Gasteiger partial charge in [0.2, 0.25) is 0 Å². The summed E-state index contributed by atoms with van der Waals surface area (Å²) in [5, 5.41) is 8.31. The summed E-state index contributed by atoms with van der Waals surface area (Å²) in [5.74, 6) is -3.50. The number of pyridine rings is 1. The van der Waals surface area contributed by atoms with Crippen LogP contribution in [-0.4, -0.2) is 31.3 Å². The Kier molecular flexibility index (Phi) is 4.80. The van der Waals surface area contributed by atoms with E-state index in [1.165, 1.54) is 6.92 Å². The van der Waals surface area contributed by atoms with Crippen LogP contribution in [-0.2, 0) is 6.18 Å². The van der Waals surface area contributed by atoms with Crippen molar-refractivity contribution in [3.63, 3.8) is 0 Å². The molecule has 3 heterocycles. The zero-order valence-electron chi connectivity index (χ0n) is 15.4. The lowest BCUT2D eigenvalue weighted by Crippen LogP contribution is -2.17. The number of fused-ring (bicyclic) bond motifs is 3. The lowest BCUT2D eigenvalue weighted by Gasteiger charge is -2.17. The summed E-state index contributed by atoms with van der Waals surface area (Å²) >= 11 is 6.06. The smallest absolute Gasteiger partial charge is 0.434 e. The summed E-state index contributed by atoms with van der Waals surface area (Å²) < 4.78 is 70.7. The molecule has 1 atom stereocenters. The number of aromatic carboxylic acids is 1. The van der Waals surface area contributed by atoms with E-state index in [4.69, 9.17) is 11.6 Å². The van der Waals surface area contributed by atoms with E-state index < -0.39 is 63.1 Å². The fraction of sp³-hybridized carbons (Fsp3) is 0.158. The van der Waals surface area contributed by atoms with Crippen LogP contribution in [0.15, 0.2) is 35.6 Å². The van der Waals surface area contributed by atoms with Gasteiger partial charge in [-0.3, -0.25) is 9.56 Å². The van der Waals surface area contributed by atoms with Crippen molar-refractivity contribution in [2.24, 2.45) is 4.99 Å². The maximum Gasteiger partial charge on any atom is 0.434 e. The van der Waals surface area contributed by atoms with Gasteiger partial charge in [0.1, 0.15) is 23.5 Å². The molecule has 1 N–H and O–H groups in total. The van der Waals surface area contributed by atoms with Gasteiger partial charge in [0.05, 0.1) is 28.2 Å². The number of alkyl halides is 3. The van der Waals surface area contributed by atoms with Crippen LogP contribution in [0, 0.1) is 11.6 Å². The molecule has 0 amide bonds. The van der Waals surface area contributed by atoms with Crippen molar-refractivity contribution >= 4 is 23.3 Å². The first-order chi connectivity index (χ1) is 14.5. The SMILES string of the molecule is C[C@@H]1N=C(c2c(F)cccc2F)c2c(cnc(C(F)(F)F)c2Cl)-n2cc(C(=O)O)nc21. The monoisotopic (exact) mass is 456 g/mol. The third-order valence-corrected chi connectivity index (χ3v) is 4.98. The number of rotatable bonds is 2. The second-order valence-electron chi connectivity index (χ2n) is 6.59. The molecule has 1 aromatic carbocycles. The first kappa shape index (κ1) is 20.9. The maximum atomic E-state index is 14.6. The number of hydrogen-bond donors (Lipinski definition) is 1. The molecule has 0 radical (unpaired) electrons. The molecule has 160 valence electrons. The number of hydrogen-bond acceptors (Lipinski definition) is 4. The quantitative estimate of drug-likeness (QED) is 0.560. The van der Waals surface area contributed by atoms with Gasteiger partial charge in [0.15, 0.2) is 11.4 Å². The zero-order chi connectivity index (χ0) is 22.7. The Labute approximate surface area is 175 Å². The normalized spacial score (nSPS) is 15.7. The molecule has 31 heavy (non-hydrogen) atoms. The number of aromatic nitrogens is 3. The van der Waals surface area contributed by atoms with Crippen molar-refractivity contribution in [2.45, 2.75) is 19.1 Å². The maximum absolute atomic E-state index is 14.6. The molecule has 4 rings (SSSR count). The van der Waals surface area contributed by atoms with E-state index in [9.17, 15) is 31.9 Å². The van der Waals surface area contributed by atoms with Crippen molar-refractivity contribution in [2.75, 3.05) is 0 Å². The average molecular weight is 457 g/mol. The molecular formula is C19H10ClF5N4O2. The molecule has 0 spiro atoms. The molecule has 0 aliphatic carbocycles. The van der Waals surface area contributed by atoms with Crippen molar-refractivity contribution < 1.29 is 31.9 Å². The Morgan fingerprint density at radius 2 is 1.84 bits per heavy atom. The van der Waals surface area contributed by atoms with Gasteiger partial charge in [-0.05, 0) is 19.1 Å². The average Bonchev–Trinajstić information content (AvgIpc) is 3.07. The molecular weight excluding hydrogens is 447 g/mol. The summed E-state index contributed by atoms with van der Waals surface area (Å²) in [6, 6.07) is 1.96. The van der Waals surface area contributed by atoms with Crippen LogP contribution in [0.1, 0.15) is 46.1 Å². The summed E-state index contributed by atoms with van der Waals surface area (Å²) in [6.07, 6.45) is -3.13. The first-order valence-corrected chi connectivity index (χ1v) is 8.99. The van der Waals surface area contributed by atoms with E-state index in [-0.39, 0.29) is 11.5 Å². The van der Waals surface area contributed by atoms with Gasteiger partial charge in [-0.1, -0.05) is 17.7 Å². The van der Waals surface area contributed by atoms with Gasteiger partial charge in [-0.15, -0.1) is 0 Å². The molecule has 0 bridgehead atoms. The minimum absolute atomic E-state index is 0.0167. The number of benzene rings is 1. The summed E-state index contributed by atoms with van der Waals surface area (Å²) in [6.45, 7) is 1.45. The Morgan fingerprint density at radius 1 is 1.19 bits per heavy atom. The van der Waals surface area contributed by atoms with Crippen LogP contribution in [0.5, 0.6) is 0 Å². The molecule has 1 aliphatic rings. The van der Waals surface area contributed by atoms with E-state index >= 15 is 0 Å². The van der Waals surface area contributed by atoms with E-state index in [1.54, 1.807) is 0 Å². The number of carbonyl (C=O) groups is 1. The van der Waals surface area contributed by atoms with E-state index in [0.29, 0.717) is 0 Å². The molecule has 0 fully saturated rings. The minimum atomic E-state index is -4.97. The summed E-state index contributed by atoms with van der Waals surface area (Å²) in [4.78, 5) is 22.8. The Hall–Kier alpha value is -3.34. The highest BCUT2D eigenvalue weighted by Crippen LogP contribution is 2.40. The highest BCUT2D eigenvalue weighted by atomic mass is 35.5. The largest absolute Gasteiger partial charge is 0.476 e. The van der Waals surface area contributed by atoms with Crippen LogP contribution < -0.4 is 0 Å². The van der Waals surface area contributed by atoms with Gasteiger partial charge >= 0.3 is 12.1 Å².